The van der Waals surface area contributed by atoms with E-state index in [4.69, 9.17) is 11.6 Å². The van der Waals surface area contributed by atoms with Gasteiger partial charge in [-0.25, -0.2) is 14.4 Å². The van der Waals surface area contributed by atoms with Gasteiger partial charge in [-0.2, -0.15) is 0 Å². The van der Waals surface area contributed by atoms with E-state index >= 15 is 0 Å². The van der Waals surface area contributed by atoms with Crippen molar-refractivity contribution in [1.29, 1.82) is 0 Å². The maximum atomic E-state index is 13.6. The first-order valence-corrected chi connectivity index (χ1v) is 7.03. The average molecular weight is 302 g/mol. The Morgan fingerprint density at radius 3 is 2.71 bits per heavy atom. The highest BCUT2D eigenvalue weighted by atomic mass is 35.5. The molecule has 0 saturated heterocycles. The minimum Gasteiger partial charge on any atom is -0.370 e. The molecule has 2 aromatic carbocycles. The molecule has 1 heterocycles. The SMILES string of the molecule is CCNc1nc(-c2ccc(Cl)c(F)c2)nc2ccccc12. The molecular weight excluding hydrogens is 289 g/mol. The third-order valence-electron chi connectivity index (χ3n) is 3.13. The highest BCUT2D eigenvalue weighted by molar-refractivity contribution is 6.30. The average Bonchev–Trinajstić information content (AvgIpc) is 2.50. The van der Waals surface area contributed by atoms with E-state index in [1.165, 1.54) is 12.1 Å². The molecule has 0 unspecified atom stereocenters. The Balaban J connectivity index is 2.20. The van der Waals surface area contributed by atoms with Crippen LogP contribution in [0.25, 0.3) is 22.3 Å². The molecule has 0 aliphatic carbocycles. The van der Waals surface area contributed by atoms with Crippen molar-refractivity contribution >= 4 is 28.3 Å². The minimum atomic E-state index is -0.476. The van der Waals surface area contributed by atoms with Gasteiger partial charge < -0.3 is 5.32 Å². The maximum absolute atomic E-state index is 13.6. The van der Waals surface area contributed by atoms with E-state index in [9.17, 15) is 4.39 Å². The Morgan fingerprint density at radius 2 is 1.95 bits per heavy atom. The van der Waals surface area contributed by atoms with Crippen LogP contribution in [0.3, 0.4) is 0 Å². The van der Waals surface area contributed by atoms with Crippen LogP contribution in [0.2, 0.25) is 5.02 Å². The molecule has 0 fully saturated rings. The van der Waals surface area contributed by atoms with Crippen LogP contribution in [0.15, 0.2) is 42.5 Å². The molecule has 0 radical (unpaired) electrons. The lowest BCUT2D eigenvalue weighted by Crippen LogP contribution is -2.03. The third-order valence-corrected chi connectivity index (χ3v) is 3.43. The summed E-state index contributed by atoms with van der Waals surface area (Å²) in [4.78, 5) is 9.00. The van der Waals surface area contributed by atoms with Crippen LogP contribution in [0, 0.1) is 5.82 Å². The molecule has 0 spiro atoms. The van der Waals surface area contributed by atoms with Crippen molar-refractivity contribution < 1.29 is 4.39 Å². The van der Waals surface area contributed by atoms with Gasteiger partial charge in [-0.15, -0.1) is 0 Å². The van der Waals surface area contributed by atoms with Crippen molar-refractivity contribution in [3.8, 4) is 11.4 Å². The Kier molecular flexibility index (Phi) is 3.71. The molecule has 1 N–H and O–H groups in total. The summed E-state index contributed by atoms with van der Waals surface area (Å²) in [7, 11) is 0. The maximum Gasteiger partial charge on any atom is 0.162 e. The van der Waals surface area contributed by atoms with Crippen LogP contribution >= 0.6 is 11.6 Å². The normalized spacial score (nSPS) is 10.8. The van der Waals surface area contributed by atoms with Gasteiger partial charge in [0.2, 0.25) is 0 Å². The molecule has 3 aromatic rings. The molecule has 0 atom stereocenters. The van der Waals surface area contributed by atoms with Gasteiger partial charge in [-0.3, -0.25) is 0 Å². The van der Waals surface area contributed by atoms with Crippen molar-refractivity contribution in [3.63, 3.8) is 0 Å². The summed E-state index contributed by atoms with van der Waals surface area (Å²) in [5, 5.41) is 4.25. The first kappa shape index (κ1) is 13.8. The molecule has 1 aromatic heterocycles. The van der Waals surface area contributed by atoms with E-state index in [0.29, 0.717) is 11.4 Å². The molecule has 0 aliphatic rings. The van der Waals surface area contributed by atoms with Gasteiger partial charge in [0, 0.05) is 17.5 Å². The number of halogens is 2. The van der Waals surface area contributed by atoms with E-state index < -0.39 is 5.82 Å². The summed E-state index contributed by atoms with van der Waals surface area (Å²) < 4.78 is 13.6. The van der Waals surface area contributed by atoms with Crippen LogP contribution in [0.5, 0.6) is 0 Å². The molecule has 0 amide bonds. The van der Waals surface area contributed by atoms with Crippen LogP contribution < -0.4 is 5.32 Å². The lowest BCUT2D eigenvalue weighted by molar-refractivity contribution is 0.628. The summed E-state index contributed by atoms with van der Waals surface area (Å²) in [5.41, 5.74) is 1.41. The fraction of sp³-hybridized carbons (Fsp3) is 0.125. The number of hydrogen-bond acceptors (Lipinski definition) is 3. The molecule has 3 nitrogen and oxygen atoms in total. The summed E-state index contributed by atoms with van der Waals surface area (Å²) in [6.07, 6.45) is 0. The van der Waals surface area contributed by atoms with Gasteiger partial charge in [0.25, 0.3) is 0 Å². The Labute approximate surface area is 126 Å². The quantitative estimate of drug-likeness (QED) is 0.773. The second-order valence-corrected chi connectivity index (χ2v) is 4.98. The number of aromatic nitrogens is 2. The first-order chi connectivity index (χ1) is 10.2. The first-order valence-electron chi connectivity index (χ1n) is 6.65. The molecule has 106 valence electrons. The Morgan fingerprint density at radius 1 is 1.14 bits per heavy atom. The summed E-state index contributed by atoms with van der Waals surface area (Å²) in [5.74, 6) is 0.740. The molecular formula is C16H13ClFN3. The van der Waals surface area contributed by atoms with E-state index in [0.717, 1.165) is 23.3 Å². The van der Waals surface area contributed by atoms with Crippen LogP contribution in [0.1, 0.15) is 6.92 Å². The van der Waals surface area contributed by atoms with Crippen molar-refractivity contribution in [3.05, 3.63) is 53.3 Å². The lowest BCUT2D eigenvalue weighted by Gasteiger charge is -2.09. The van der Waals surface area contributed by atoms with Crippen molar-refractivity contribution in [1.82, 2.24) is 9.97 Å². The number of benzene rings is 2. The molecule has 5 heteroatoms. The molecule has 0 saturated carbocycles. The smallest absolute Gasteiger partial charge is 0.162 e. The molecule has 3 rings (SSSR count). The number of nitrogens with one attached hydrogen (secondary N) is 1. The van der Waals surface area contributed by atoms with Crippen LogP contribution in [0.4, 0.5) is 10.2 Å². The fourth-order valence-electron chi connectivity index (χ4n) is 2.14. The number of rotatable bonds is 3. The largest absolute Gasteiger partial charge is 0.370 e. The van der Waals surface area contributed by atoms with Crippen molar-refractivity contribution in [2.75, 3.05) is 11.9 Å². The van der Waals surface area contributed by atoms with Gasteiger partial charge in [-0.05, 0) is 37.3 Å². The number of para-hydroxylation sites is 1. The van der Waals surface area contributed by atoms with Gasteiger partial charge in [-0.1, -0.05) is 23.7 Å². The van der Waals surface area contributed by atoms with Crippen molar-refractivity contribution in [2.45, 2.75) is 6.92 Å². The van der Waals surface area contributed by atoms with Gasteiger partial charge >= 0.3 is 0 Å². The van der Waals surface area contributed by atoms with Crippen LogP contribution in [-0.4, -0.2) is 16.5 Å². The van der Waals surface area contributed by atoms with Crippen LogP contribution in [-0.2, 0) is 0 Å². The zero-order chi connectivity index (χ0) is 14.8. The Hall–Kier alpha value is -2.20. The monoisotopic (exact) mass is 301 g/mol. The predicted molar refractivity (Wildman–Crippen MR) is 84.1 cm³/mol. The van der Waals surface area contributed by atoms with Gasteiger partial charge in [0.05, 0.1) is 10.5 Å². The zero-order valence-corrected chi connectivity index (χ0v) is 12.2. The topological polar surface area (TPSA) is 37.8 Å². The molecule has 0 aliphatic heterocycles. The van der Waals surface area contributed by atoms with Gasteiger partial charge in [0.1, 0.15) is 11.6 Å². The summed E-state index contributed by atoms with van der Waals surface area (Å²) in [6, 6.07) is 12.3. The second kappa shape index (κ2) is 5.66. The highest BCUT2D eigenvalue weighted by Crippen LogP contribution is 2.26. The standard InChI is InChI=1S/C16H13ClFN3/c1-2-19-16-11-5-3-4-6-14(11)20-15(21-16)10-7-8-12(17)13(18)9-10/h3-9H,2H2,1H3,(H,19,20,21). The molecule has 0 bridgehead atoms. The third kappa shape index (κ3) is 2.67. The van der Waals surface area contributed by atoms with E-state index in [1.54, 1.807) is 6.07 Å². The van der Waals surface area contributed by atoms with Gasteiger partial charge in [0.15, 0.2) is 5.82 Å². The lowest BCUT2D eigenvalue weighted by atomic mass is 10.1. The zero-order valence-electron chi connectivity index (χ0n) is 11.4. The fourth-order valence-corrected chi connectivity index (χ4v) is 2.26. The number of hydrogen-bond donors (Lipinski definition) is 1. The van der Waals surface area contributed by atoms with E-state index in [-0.39, 0.29) is 5.02 Å². The summed E-state index contributed by atoms with van der Waals surface area (Å²) >= 11 is 5.72. The number of nitrogens with zero attached hydrogens (tertiary/aromatic N) is 2. The second-order valence-electron chi connectivity index (χ2n) is 4.57. The highest BCUT2D eigenvalue weighted by Gasteiger charge is 2.10. The Bertz CT molecular complexity index is 805. The van der Waals surface area contributed by atoms with Crippen molar-refractivity contribution in [2.24, 2.45) is 0 Å². The summed E-state index contributed by atoms with van der Waals surface area (Å²) in [6.45, 7) is 2.74. The van der Waals surface area contributed by atoms with E-state index in [1.807, 2.05) is 31.2 Å². The number of fused-ring (bicyclic) bond motifs is 1. The minimum absolute atomic E-state index is 0.0893. The number of anilines is 1. The predicted octanol–water partition coefficient (Wildman–Crippen LogP) is 4.52. The van der Waals surface area contributed by atoms with E-state index in [2.05, 4.69) is 15.3 Å². The molecule has 21 heavy (non-hydrogen) atoms.